The number of thiol groups is 1. The van der Waals surface area contributed by atoms with Gasteiger partial charge in [0.2, 0.25) is 5.91 Å². The van der Waals surface area contributed by atoms with Crippen LogP contribution in [-0.2, 0) is 4.79 Å². The van der Waals surface area contributed by atoms with Crippen molar-refractivity contribution in [1.29, 1.82) is 0 Å². The molecule has 1 aliphatic rings. The van der Waals surface area contributed by atoms with Crippen molar-refractivity contribution in [3.63, 3.8) is 0 Å². The molecule has 0 bridgehead atoms. The molecule has 1 aromatic rings. The van der Waals surface area contributed by atoms with E-state index >= 15 is 0 Å². The lowest BCUT2D eigenvalue weighted by atomic mass is 10.1. The largest absolute Gasteiger partial charge is 0.508 e. The molecule has 0 aromatic heterocycles. The Bertz CT molecular complexity index is 503. The summed E-state index contributed by atoms with van der Waals surface area (Å²) in [7, 11) is 0. The Morgan fingerprint density at radius 3 is 2.78 bits per heavy atom. The second-order valence-electron chi connectivity index (χ2n) is 4.26. The van der Waals surface area contributed by atoms with Crippen molar-refractivity contribution >= 4 is 30.2 Å². The highest BCUT2D eigenvalue weighted by atomic mass is 32.1. The van der Waals surface area contributed by atoms with E-state index in [4.69, 9.17) is 5.11 Å². The first-order valence-electron chi connectivity index (χ1n) is 5.50. The van der Waals surface area contributed by atoms with Gasteiger partial charge in [-0.25, -0.2) is 4.79 Å². The van der Waals surface area contributed by atoms with Gasteiger partial charge in [-0.2, -0.15) is 12.6 Å². The van der Waals surface area contributed by atoms with Crippen molar-refractivity contribution in [2.75, 3.05) is 17.2 Å². The molecule has 2 rings (SSSR count). The smallest absolute Gasteiger partial charge is 0.337 e. The van der Waals surface area contributed by atoms with E-state index in [1.54, 1.807) is 0 Å². The molecule has 0 radical (unpaired) electrons. The van der Waals surface area contributed by atoms with Gasteiger partial charge in [0.1, 0.15) is 5.75 Å². The van der Waals surface area contributed by atoms with Crippen LogP contribution in [0.15, 0.2) is 18.2 Å². The first kappa shape index (κ1) is 12.8. The standard InChI is InChI=1S/C12H13NO4S/c14-8-1-2-10(9(4-8)12(16)17)13-5-7(6-18)3-11(13)15/h1-2,4,7,14,18H,3,5-6H2,(H,16,17). The van der Waals surface area contributed by atoms with E-state index in [1.165, 1.54) is 17.0 Å². The summed E-state index contributed by atoms with van der Waals surface area (Å²) in [6, 6.07) is 3.99. The zero-order valence-electron chi connectivity index (χ0n) is 9.54. The first-order chi connectivity index (χ1) is 8.52. The molecule has 2 N–H and O–H groups in total. The zero-order valence-corrected chi connectivity index (χ0v) is 10.4. The van der Waals surface area contributed by atoms with Crippen molar-refractivity contribution < 1.29 is 19.8 Å². The summed E-state index contributed by atoms with van der Waals surface area (Å²) < 4.78 is 0. The van der Waals surface area contributed by atoms with E-state index in [9.17, 15) is 14.7 Å². The van der Waals surface area contributed by atoms with Gasteiger partial charge in [-0.1, -0.05) is 0 Å². The average Bonchev–Trinajstić information content (AvgIpc) is 2.70. The maximum atomic E-state index is 11.8. The highest BCUT2D eigenvalue weighted by molar-refractivity contribution is 7.80. The van der Waals surface area contributed by atoms with Gasteiger partial charge in [0.15, 0.2) is 0 Å². The van der Waals surface area contributed by atoms with E-state index < -0.39 is 5.97 Å². The highest BCUT2D eigenvalue weighted by Gasteiger charge is 2.32. The molecule has 5 nitrogen and oxygen atoms in total. The lowest BCUT2D eigenvalue weighted by Gasteiger charge is -2.18. The Hall–Kier alpha value is -1.69. The number of hydrogen-bond acceptors (Lipinski definition) is 4. The number of nitrogens with zero attached hydrogens (tertiary/aromatic N) is 1. The van der Waals surface area contributed by atoms with Crippen LogP contribution in [0.1, 0.15) is 16.8 Å². The molecule has 1 heterocycles. The Morgan fingerprint density at radius 1 is 1.50 bits per heavy atom. The third-order valence-corrected chi connectivity index (χ3v) is 3.48. The van der Waals surface area contributed by atoms with E-state index in [1.807, 2.05) is 0 Å². The highest BCUT2D eigenvalue weighted by Crippen LogP contribution is 2.30. The summed E-state index contributed by atoms with van der Waals surface area (Å²) in [6.07, 6.45) is 0.378. The normalized spacial score (nSPS) is 19.3. The fraction of sp³-hybridized carbons (Fsp3) is 0.333. The number of benzene rings is 1. The van der Waals surface area contributed by atoms with Gasteiger partial charge in [-0.15, -0.1) is 0 Å². The van der Waals surface area contributed by atoms with Crippen molar-refractivity contribution in [1.82, 2.24) is 0 Å². The van der Waals surface area contributed by atoms with Crippen molar-refractivity contribution in [2.24, 2.45) is 5.92 Å². The quantitative estimate of drug-likeness (QED) is 0.723. The summed E-state index contributed by atoms with van der Waals surface area (Å²) in [6.45, 7) is 0.466. The molecule has 0 saturated carbocycles. The third kappa shape index (κ3) is 2.28. The van der Waals surface area contributed by atoms with Crippen molar-refractivity contribution in [3.05, 3.63) is 23.8 Å². The molecule has 96 valence electrons. The number of phenolic OH excluding ortho intramolecular Hbond substituents is 1. The summed E-state index contributed by atoms with van der Waals surface area (Å²) >= 11 is 4.16. The molecule has 1 unspecified atom stereocenters. The number of hydrogen-bond donors (Lipinski definition) is 3. The molecular weight excluding hydrogens is 254 g/mol. The van der Waals surface area contributed by atoms with Gasteiger partial charge >= 0.3 is 5.97 Å². The monoisotopic (exact) mass is 267 g/mol. The molecule has 1 aromatic carbocycles. The lowest BCUT2D eigenvalue weighted by Crippen LogP contribution is -2.26. The second kappa shape index (κ2) is 4.89. The van der Waals surface area contributed by atoms with Crippen LogP contribution in [0.25, 0.3) is 0 Å². The maximum absolute atomic E-state index is 11.8. The summed E-state index contributed by atoms with van der Waals surface area (Å²) in [5.41, 5.74) is 0.262. The topological polar surface area (TPSA) is 77.8 Å². The summed E-state index contributed by atoms with van der Waals surface area (Å²) in [5.74, 6) is -0.682. The minimum Gasteiger partial charge on any atom is -0.508 e. The van der Waals surface area contributed by atoms with Gasteiger partial charge in [0, 0.05) is 13.0 Å². The lowest BCUT2D eigenvalue weighted by molar-refractivity contribution is -0.117. The second-order valence-corrected chi connectivity index (χ2v) is 4.63. The van der Waals surface area contributed by atoms with E-state index in [0.717, 1.165) is 6.07 Å². The molecule has 1 saturated heterocycles. The molecule has 0 aliphatic carbocycles. The predicted octanol–water partition coefficient (Wildman–Crippen LogP) is 1.37. The average molecular weight is 267 g/mol. The number of carbonyl (C=O) groups excluding carboxylic acids is 1. The van der Waals surface area contributed by atoms with Crippen LogP contribution in [0.3, 0.4) is 0 Å². The van der Waals surface area contributed by atoms with Crippen LogP contribution in [-0.4, -0.2) is 34.4 Å². The minimum absolute atomic E-state index is 0.0665. The fourth-order valence-corrected chi connectivity index (χ4v) is 2.31. The van der Waals surface area contributed by atoms with Crippen LogP contribution in [0.2, 0.25) is 0 Å². The molecule has 1 amide bonds. The molecule has 6 heteroatoms. The van der Waals surface area contributed by atoms with E-state index in [-0.39, 0.29) is 23.1 Å². The van der Waals surface area contributed by atoms with Crippen LogP contribution in [0, 0.1) is 5.92 Å². The number of carboxylic acids is 1. The van der Waals surface area contributed by atoms with Gasteiger partial charge in [-0.05, 0) is 29.9 Å². The van der Waals surface area contributed by atoms with Gasteiger partial charge in [-0.3, -0.25) is 4.79 Å². The van der Waals surface area contributed by atoms with Crippen molar-refractivity contribution in [3.8, 4) is 5.75 Å². The van der Waals surface area contributed by atoms with Crippen LogP contribution < -0.4 is 4.90 Å². The van der Waals surface area contributed by atoms with Gasteiger partial charge in [0.05, 0.1) is 11.3 Å². The Kier molecular flexibility index (Phi) is 3.47. The van der Waals surface area contributed by atoms with Crippen LogP contribution in [0.5, 0.6) is 5.75 Å². The number of carbonyl (C=O) groups is 2. The molecule has 1 fully saturated rings. The minimum atomic E-state index is -1.16. The summed E-state index contributed by atoms with van der Waals surface area (Å²) in [4.78, 5) is 24.4. The van der Waals surface area contributed by atoms with Crippen LogP contribution in [0.4, 0.5) is 5.69 Å². The third-order valence-electron chi connectivity index (χ3n) is 2.96. The maximum Gasteiger partial charge on any atom is 0.337 e. The molecule has 1 atom stereocenters. The predicted molar refractivity (Wildman–Crippen MR) is 69.4 cm³/mol. The van der Waals surface area contributed by atoms with Crippen molar-refractivity contribution in [2.45, 2.75) is 6.42 Å². The molecule has 18 heavy (non-hydrogen) atoms. The number of carboxylic acid groups (broad SMARTS) is 1. The Labute approximate surface area is 109 Å². The number of aromatic carboxylic acids is 1. The summed E-state index contributed by atoms with van der Waals surface area (Å²) in [5, 5.41) is 18.4. The van der Waals surface area contributed by atoms with E-state index in [2.05, 4.69) is 12.6 Å². The Morgan fingerprint density at radius 2 is 2.22 bits per heavy atom. The number of aromatic hydroxyl groups is 1. The molecular formula is C12H13NO4S. The van der Waals surface area contributed by atoms with E-state index in [0.29, 0.717) is 24.4 Å². The number of amides is 1. The fourth-order valence-electron chi connectivity index (χ4n) is 2.07. The first-order valence-corrected chi connectivity index (χ1v) is 6.13. The number of phenols is 1. The van der Waals surface area contributed by atoms with Gasteiger partial charge in [0.25, 0.3) is 0 Å². The Balaban J connectivity index is 2.39. The SMILES string of the molecule is O=C(O)c1cc(O)ccc1N1CC(CS)CC1=O. The molecule has 0 spiro atoms. The molecule has 1 aliphatic heterocycles. The number of rotatable bonds is 3. The van der Waals surface area contributed by atoms with Gasteiger partial charge < -0.3 is 15.1 Å². The zero-order chi connectivity index (χ0) is 13.3. The van der Waals surface area contributed by atoms with Crippen LogP contribution >= 0.6 is 12.6 Å². The number of anilines is 1.